The van der Waals surface area contributed by atoms with Crippen molar-refractivity contribution >= 4 is 39.6 Å². The molecule has 1 atom stereocenters. The molecule has 0 aliphatic carbocycles. The Bertz CT molecular complexity index is 879. The van der Waals surface area contributed by atoms with Gasteiger partial charge in [0.1, 0.15) is 6.04 Å². The number of fused-ring (bicyclic) bond motifs is 1. The third kappa shape index (κ3) is 5.22. The molecule has 1 N–H and O–H groups in total. The Labute approximate surface area is 184 Å². The molecule has 0 saturated carbocycles. The van der Waals surface area contributed by atoms with Gasteiger partial charge in [0.15, 0.2) is 0 Å². The van der Waals surface area contributed by atoms with Gasteiger partial charge >= 0.3 is 5.97 Å². The topological polar surface area (TPSA) is 69.0 Å². The predicted molar refractivity (Wildman–Crippen MR) is 120 cm³/mol. The normalized spacial score (nSPS) is 15.8. The van der Waals surface area contributed by atoms with Gasteiger partial charge in [-0.15, -0.1) is 5.10 Å². The molecule has 1 aliphatic rings. The van der Waals surface area contributed by atoms with E-state index in [-0.39, 0.29) is 12.0 Å². The van der Waals surface area contributed by atoms with Crippen LogP contribution in [0.15, 0.2) is 45.2 Å². The number of unbranched alkanes of at least 4 members (excludes halogenated alkanes) is 3. The van der Waals surface area contributed by atoms with Crippen molar-refractivity contribution in [1.82, 2.24) is 14.8 Å². The summed E-state index contributed by atoms with van der Waals surface area (Å²) in [5, 5.41) is 8.69. The summed E-state index contributed by atoms with van der Waals surface area (Å²) in [4.78, 5) is 17.4. The maximum absolute atomic E-state index is 12.8. The van der Waals surface area contributed by atoms with Crippen LogP contribution in [0.3, 0.4) is 0 Å². The van der Waals surface area contributed by atoms with E-state index in [1.807, 2.05) is 38.1 Å². The van der Waals surface area contributed by atoms with Crippen LogP contribution in [0.4, 0.5) is 5.95 Å². The highest BCUT2D eigenvalue weighted by atomic mass is 79.9. The number of thioether (sulfide) groups is 1. The van der Waals surface area contributed by atoms with Crippen LogP contribution in [-0.2, 0) is 9.53 Å². The number of esters is 1. The molecular formula is C21H27BrN4O2S. The fraction of sp³-hybridized carbons (Fsp3) is 0.476. The number of nitrogens with one attached hydrogen (secondary N) is 1. The largest absolute Gasteiger partial charge is 0.463 e. The Morgan fingerprint density at radius 1 is 1.24 bits per heavy atom. The zero-order valence-corrected chi connectivity index (χ0v) is 19.5. The summed E-state index contributed by atoms with van der Waals surface area (Å²) >= 11 is 5.14. The fourth-order valence-electron chi connectivity index (χ4n) is 3.31. The molecule has 1 aliphatic heterocycles. The second kappa shape index (κ2) is 10.3. The quantitative estimate of drug-likeness (QED) is 0.288. The molecule has 0 unspecified atom stereocenters. The van der Waals surface area contributed by atoms with Gasteiger partial charge in [-0.05, 0) is 38.0 Å². The number of halogens is 1. The molecule has 1 aromatic carbocycles. The Morgan fingerprint density at radius 2 is 2.00 bits per heavy atom. The Hall–Kier alpha value is -1.80. The van der Waals surface area contributed by atoms with E-state index in [0.717, 1.165) is 33.1 Å². The maximum Gasteiger partial charge on any atom is 0.338 e. The zero-order chi connectivity index (χ0) is 20.8. The van der Waals surface area contributed by atoms with Gasteiger partial charge in [-0.2, -0.15) is 4.98 Å². The number of hydrogen-bond acceptors (Lipinski definition) is 6. The number of hydrogen-bond donors (Lipinski definition) is 1. The van der Waals surface area contributed by atoms with Crippen molar-refractivity contribution < 1.29 is 9.53 Å². The first-order valence-corrected chi connectivity index (χ1v) is 11.8. The minimum Gasteiger partial charge on any atom is -0.463 e. The van der Waals surface area contributed by atoms with Gasteiger partial charge in [0.2, 0.25) is 11.1 Å². The van der Waals surface area contributed by atoms with E-state index >= 15 is 0 Å². The number of carbonyl (C=O) groups excluding carboxylic acids is 1. The van der Waals surface area contributed by atoms with E-state index in [9.17, 15) is 4.79 Å². The first kappa shape index (κ1) is 21.9. The fourth-order valence-corrected chi connectivity index (χ4v) is 4.40. The first-order chi connectivity index (χ1) is 14.0. The Balaban J connectivity index is 1.91. The highest BCUT2D eigenvalue weighted by molar-refractivity contribution is 9.10. The molecule has 0 fully saturated rings. The minimum absolute atomic E-state index is 0.325. The lowest BCUT2D eigenvalue weighted by Gasteiger charge is -2.28. The molecule has 0 radical (unpaired) electrons. The van der Waals surface area contributed by atoms with Gasteiger partial charge in [0.25, 0.3) is 0 Å². The standard InChI is InChI=1S/C21H27BrN4O2S/c1-4-6-7-8-13-29-21-24-20-23-14(3)17(19(27)28-5-2)18(26(20)25-21)15-9-11-16(22)12-10-15/h9-12,18H,4-8,13H2,1-3H3,(H,23,24,25)/t18-/m0/s1. The number of aromatic nitrogens is 3. The average molecular weight is 479 g/mol. The third-order valence-electron chi connectivity index (χ3n) is 4.74. The van der Waals surface area contributed by atoms with Crippen molar-refractivity contribution in [1.29, 1.82) is 0 Å². The van der Waals surface area contributed by atoms with Crippen molar-refractivity contribution in [3.63, 3.8) is 0 Å². The summed E-state index contributed by atoms with van der Waals surface area (Å²) in [6.45, 7) is 6.23. The maximum atomic E-state index is 12.8. The average Bonchev–Trinajstić information content (AvgIpc) is 3.10. The van der Waals surface area contributed by atoms with E-state index in [2.05, 4.69) is 33.2 Å². The van der Waals surface area contributed by atoms with Gasteiger partial charge in [-0.25, -0.2) is 9.48 Å². The lowest BCUT2D eigenvalue weighted by molar-refractivity contribution is -0.139. The number of rotatable bonds is 9. The molecule has 0 amide bonds. The molecule has 2 aromatic rings. The van der Waals surface area contributed by atoms with Crippen LogP contribution < -0.4 is 5.32 Å². The molecule has 6 nitrogen and oxygen atoms in total. The van der Waals surface area contributed by atoms with E-state index < -0.39 is 0 Å². The molecule has 8 heteroatoms. The van der Waals surface area contributed by atoms with Crippen LogP contribution in [0, 0.1) is 0 Å². The zero-order valence-electron chi connectivity index (χ0n) is 17.1. The molecule has 1 aromatic heterocycles. The van der Waals surface area contributed by atoms with E-state index in [1.54, 1.807) is 16.4 Å². The van der Waals surface area contributed by atoms with E-state index in [4.69, 9.17) is 9.84 Å². The molecule has 3 rings (SSSR count). The summed E-state index contributed by atoms with van der Waals surface area (Å²) in [6, 6.07) is 7.55. The smallest absolute Gasteiger partial charge is 0.338 e. The second-order valence-corrected chi connectivity index (χ2v) is 8.89. The molecule has 156 valence electrons. The summed E-state index contributed by atoms with van der Waals surface area (Å²) in [5.41, 5.74) is 2.27. The van der Waals surface area contributed by atoms with E-state index in [1.165, 1.54) is 19.3 Å². The first-order valence-electron chi connectivity index (χ1n) is 10.0. The third-order valence-corrected chi connectivity index (χ3v) is 6.20. The number of ether oxygens (including phenoxy) is 1. The molecule has 0 saturated heterocycles. The molecule has 29 heavy (non-hydrogen) atoms. The highest BCUT2D eigenvalue weighted by Crippen LogP contribution is 2.37. The van der Waals surface area contributed by atoms with Gasteiger partial charge in [-0.1, -0.05) is 66.0 Å². The molecular weight excluding hydrogens is 452 g/mol. The molecule has 0 bridgehead atoms. The van der Waals surface area contributed by atoms with Crippen LogP contribution in [0.25, 0.3) is 0 Å². The van der Waals surface area contributed by atoms with Gasteiger partial charge < -0.3 is 10.1 Å². The monoisotopic (exact) mass is 478 g/mol. The SMILES string of the molecule is CCCCCCSc1nc2n(n1)[C@@H](c1ccc(Br)cc1)C(C(=O)OCC)=C(C)N2. The van der Waals surface area contributed by atoms with Crippen molar-refractivity contribution in [2.24, 2.45) is 0 Å². The lowest BCUT2D eigenvalue weighted by atomic mass is 9.96. The van der Waals surface area contributed by atoms with Crippen molar-refractivity contribution in [2.45, 2.75) is 57.7 Å². The van der Waals surface area contributed by atoms with Gasteiger partial charge in [0, 0.05) is 15.9 Å². The summed E-state index contributed by atoms with van der Waals surface area (Å²) in [6.07, 6.45) is 4.86. The number of nitrogens with zero attached hydrogens (tertiary/aromatic N) is 3. The second-order valence-electron chi connectivity index (χ2n) is 6.91. The van der Waals surface area contributed by atoms with Crippen molar-refractivity contribution in [3.8, 4) is 0 Å². The van der Waals surface area contributed by atoms with Crippen LogP contribution in [0.1, 0.15) is 58.1 Å². The minimum atomic E-state index is -0.375. The van der Waals surface area contributed by atoms with E-state index in [0.29, 0.717) is 18.1 Å². The molecule has 2 heterocycles. The Kier molecular flexibility index (Phi) is 7.77. The number of allylic oxidation sites excluding steroid dienone is 1. The van der Waals surface area contributed by atoms with Crippen LogP contribution in [-0.4, -0.2) is 33.1 Å². The lowest BCUT2D eigenvalue weighted by Crippen LogP contribution is -2.29. The highest BCUT2D eigenvalue weighted by Gasteiger charge is 2.35. The van der Waals surface area contributed by atoms with Gasteiger partial charge in [0.05, 0.1) is 12.2 Å². The number of carbonyl (C=O) groups is 1. The van der Waals surface area contributed by atoms with Crippen molar-refractivity contribution in [2.75, 3.05) is 17.7 Å². The summed E-state index contributed by atoms with van der Waals surface area (Å²) in [5.74, 6) is 1.31. The number of anilines is 1. The Morgan fingerprint density at radius 3 is 2.69 bits per heavy atom. The summed E-state index contributed by atoms with van der Waals surface area (Å²) < 4.78 is 8.12. The van der Waals surface area contributed by atoms with Crippen LogP contribution >= 0.6 is 27.7 Å². The molecule has 0 spiro atoms. The van der Waals surface area contributed by atoms with Gasteiger partial charge in [-0.3, -0.25) is 0 Å². The predicted octanol–water partition coefficient (Wildman–Crippen LogP) is 5.57. The van der Waals surface area contributed by atoms with Crippen LogP contribution in [0.2, 0.25) is 0 Å². The van der Waals surface area contributed by atoms with Crippen LogP contribution in [0.5, 0.6) is 0 Å². The summed E-state index contributed by atoms with van der Waals surface area (Å²) in [7, 11) is 0. The van der Waals surface area contributed by atoms with Crippen molar-refractivity contribution in [3.05, 3.63) is 45.6 Å². The number of benzene rings is 1.